The minimum atomic E-state index is -0.0724. The second kappa shape index (κ2) is 4.99. The summed E-state index contributed by atoms with van der Waals surface area (Å²) in [4.78, 5) is 4.48. The van der Waals surface area contributed by atoms with Crippen molar-refractivity contribution in [1.82, 2.24) is 5.23 Å². The van der Waals surface area contributed by atoms with Gasteiger partial charge in [-0.1, -0.05) is 5.23 Å². The summed E-state index contributed by atoms with van der Waals surface area (Å²) >= 11 is 0. The molecule has 50 valence electrons. The zero-order chi connectivity index (χ0) is 6.41. The first-order chi connectivity index (χ1) is 3.81. The van der Waals surface area contributed by atoms with Gasteiger partial charge in [0.2, 0.25) is 0 Å². The summed E-state index contributed by atoms with van der Waals surface area (Å²) in [5.41, 5.74) is 0. The van der Waals surface area contributed by atoms with Crippen molar-refractivity contribution in [1.29, 1.82) is 0 Å². The Labute approximate surface area is 48.2 Å². The maximum absolute atomic E-state index is 8.49. The van der Waals surface area contributed by atoms with Gasteiger partial charge in [0.05, 0.1) is 13.2 Å². The molecule has 0 aromatic heterocycles. The molecule has 0 fully saturated rings. The molecule has 0 saturated heterocycles. The third kappa shape index (κ3) is 4.01. The molecule has 0 aliphatic heterocycles. The highest BCUT2D eigenvalue weighted by Gasteiger charge is 1.91. The minimum Gasteiger partial charge on any atom is -0.394 e. The maximum atomic E-state index is 8.49. The Morgan fingerprint density at radius 1 is 1.62 bits per heavy atom. The highest BCUT2D eigenvalue weighted by molar-refractivity contribution is 4.18. The van der Waals surface area contributed by atoms with E-state index in [-0.39, 0.29) is 13.2 Å². The summed E-state index contributed by atoms with van der Waals surface area (Å²) in [6, 6.07) is 0. The van der Waals surface area contributed by atoms with Crippen molar-refractivity contribution in [2.45, 2.75) is 6.92 Å². The van der Waals surface area contributed by atoms with E-state index in [1.165, 1.54) is 0 Å². The number of hydrogen-bond donors (Lipinski definition) is 2. The van der Waals surface area contributed by atoms with Crippen LogP contribution in [-0.4, -0.2) is 35.3 Å². The molecule has 0 bridgehead atoms. The summed E-state index contributed by atoms with van der Waals surface area (Å²) in [6.45, 7) is 2.21. The molecule has 4 heteroatoms. The van der Waals surface area contributed by atoms with Crippen LogP contribution in [0.5, 0.6) is 0 Å². The van der Waals surface area contributed by atoms with Crippen molar-refractivity contribution in [2.24, 2.45) is 0 Å². The molecule has 0 aliphatic carbocycles. The minimum absolute atomic E-state index is 0.0724. The fraction of sp³-hybridized carbons (Fsp3) is 1.00. The van der Waals surface area contributed by atoms with Gasteiger partial charge in [0.25, 0.3) is 0 Å². The number of aliphatic hydroxyl groups is 1. The Kier molecular flexibility index (Phi) is 4.89. The molecule has 0 spiro atoms. The van der Waals surface area contributed by atoms with E-state index in [9.17, 15) is 0 Å². The lowest BCUT2D eigenvalue weighted by atomic mass is 10.8. The van der Waals surface area contributed by atoms with E-state index in [1.54, 1.807) is 6.92 Å². The van der Waals surface area contributed by atoms with Crippen molar-refractivity contribution in [3.05, 3.63) is 0 Å². The SMILES string of the molecule is CCN(O)OCCO. The molecule has 0 amide bonds. The summed E-state index contributed by atoms with van der Waals surface area (Å²) < 4.78 is 0. The molecule has 0 saturated carbocycles. The van der Waals surface area contributed by atoms with Crippen molar-refractivity contribution < 1.29 is 15.2 Å². The van der Waals surface area contributed by atoms with Gasteiger partial charge in [0, 0.05) is 6.54 Å². The molecule has 0 aromatic carbocycles. The standard InChI is InChI=1S/C4H11NO3/c1-2-5(7)8-4-3-6/h6-7H,2-4H2,1H3. The molecule has 0 unspecified atom stereocenters. The first-order valence-corrected chi connectivity index (χ1v) is 2.51. The van der Waals surface area contributed by atoms with Gasteiger partial charge in [-0.05, 0) is 6.92 Å². The quantitative estimate of drug-likeness (QED) is 0.498. The van der Waals surface area contributed by atoms with Crippen molar-refractivity contribution in [2.75, 3.05) is 19.8 Å². The molecule has 4 nitrogen and oxygen atoms in total. The molecule has 0 atom stereocenters. The summed E-state index contributed by atoms with van der Waals surface area (Å²) in [6.07, 6.45) is 0. The molecule has 0 heterocycles. The Hall–Kier alpha value is -0.160. The van der Waals surface area contributed by atoms with Gasteiger partial charge < -0.3 is 5.11 Å². The van der Waals surface area contributed by atoms with Gasteiger partial charge in [-0.15, -0.1) is 0 Å². The van der Waals surface area contributed by atoms with Crippen LogP contribution in [0.1, 0.15) is 6.92 Å². The molecular weight excluding hydrogens is 110 g/mol. The number of hydroxylamine groups is 2. The Morgan fingerprint density at radius 2 is 2.25 bits per heavy atom. The van der Waals surface area contributed by atoms with E-state index in [4.69, 9.17) is 10.3 Å². The van der Waals surface area contributed by atoms with Gasteiger partial charge in [-0.3, -0.25) is 10.0 Å². The van der Waals surface area contributed by atoms with Gasteiger partial charge >= 0.3 is 0 Å². The fourth-order valence-corrected chi connectivity index (χ4v) is 0.237. The molecular formula is C4H11NO3. The fourth-order valence-electron chi connectivity index (χ4n) is 0.237. The lowest BCUT2D eigenvalue weighted by molar-refractivity contribution is -0.339. The van der Waals surface area contributed by atoms with Crippen LogP contribution in [0.15, 0.2) is 0 Å². The molecule has 0 radical (unpaired) electrons. The number of aliphatic hydroxyl groups excluding tert-OH is 1. The average Bonchev–Trinajstić information content (AvgIpc) is 1.83. The third-order valence-corrected chi connectivity index (χ3v) is 0.602. The number of hydrogen-bond acceptors (Lipinski definition) is 4. The average molecular weight is 121 g/mol. The highest BCUT2D eigenvalue weighted by atomic mass is 16.9. The van der Waals surface area contributed by atoms with Crippen molar-refractivity contribution in [3.63, 3.8) is 0 Å². The van der Waals surface area contributed by atoms with Crippen LogP contribution in [0, 0.1) is 0 Å². The lowest BCUT2D eigenvalue weighted by Crippen LogP contribution is -2.20. The van der Waals surface area contributed by atoms with E-state index in [2.05, 4.69) is 4.84 Å². The first kappa shape index (κ1) is 7.84. The van der Waals surface area contributed by atoms with Crippen LogP contribution in [0.2, 0.25) is 0 Å². The first-order valence-electron chi connectivity index (χ1n) is 2.51. The normalized spacial score (nSPS) is 10.5. The van der Waals surface area contributed by atoms with E-state index in [0.717, 1.165) is 0 Å². The second-order valence-electron chi connectivity index (χ2n) is 1.23. The maximum Gasteiger partial charge on any atom is 0.0942 e. The third-order valence-electron chi connectivity index (χ3n) is 0.602. The molecule has 0 aliphatic rings. The van der Waals surface area contributed by atoms with Gasteiger partial charge in [-0.2, -0.15) is 0 Å². The zero-order valence-electron chi connectivity index (χ0n) is 4.87. The summed E-state index contributed by atoms with van der Waals surface area (Å²) in [5, 5.41) is 17.3. The van der Waals surface area contributed by atoms with Gasteiger partial charge in [-0.25, -0.2) is 0 Å². The molecule has 0 rings (SSSR count). The Bertz CT molecular complexity index is 50.5. The highest BCUT2D eigenvalue weighted by Crippen LogP contribution is 1.79. The molecule has 8 heavy (non-hydrogen) atoms. The Morgan fingerprint density at radius 3 is 2.62 bits per heavy atom. The predicted molar refractivity (Wildman–Crippen MR) is 27.2 cm³/mol. The largest absolute Gasteiger partial charge is 0.394 e. The second-order valence-corrected chi connectivity index (χ2v) is 1.23. The van der Waals surface area contributed by atoms with Gasteiger partial charge in [0.15, 0.2) is 0 Å². The van der Waals surface area contributed by atoms with Gasteiger partial charge in [0.1, 0.15) is 0 Å². The summed E-state index contributed by atoms with van der Waals surface area (Å²) in [5.74, 6) is 0. The number of nitrogens with zero attached hydrogens (tertiary/aromatic N) is 1. The van der Waals surface area contributed by atoms with Crippen LogP contribution in [0.4, 0.5) is 0 Å². The van der Waals surface area contributed by atoms with E-state index < -0.39 is 0 Å². The molecule has 2 N–H and O–H groups in total. The van der Waals surface area contributed by atoms with Crippen molar-refractivity contribution >= 4 is 0 Å². The number of rotatable bonds is 4. The van der Waals surface area contributed by atoms with E-state index in [1.807, 2.05) is 0 Å². The zero-order valence-corrected chi connectivity index (χ0v) is 4.87. The van der Waals surface area contributed by atoms with Crippen LogP contribution in [0.25, 0.3) is 0 Å². The van der Waals surface area contributed by atoms with Crippen LogP contribution in [0.3, 0.4) is 0 Å². The van der Waals surface area contributed by atoms with E-state index in [0.29, 0.717) is 11.8 Å². The summed E-state index contributed by atoms with van der Waals surface area (Å²) in [7, 11) is 0. The Balaban J connectivity index is 2.86. The lowest BCUT2D eigenvalue weighted by Gasteiger charge is -2.09. The van der Waals surface area contributed by atoms with Crippen LogP contribution >= 0.6 is 0 Å². The predicted octanol–water partition coefficient (Wildman–Crippen LogP) is -0.379. The van der Waals surface area contributed by atoms with Crippen molar-refractivity contribution in [3.8, 4) is 0 Å². The van der Waals surface area contributed by atoms with Crippen LogP contribution in [-0.2, 0) is 4.84 Å². The monoisotopic (exact) mass is 121 g/mol. The topological polar surface area (TPSA) is 52.9 Å². The van der Waals surface area contributed by atoms with Crippen LogP contribution < -0.4 is 0 Å². The molecule has 0 aromatic rings. The van der Waals surface area contributed by atoms with E-state index >= 15 is 0 Å². The smallest absolute Gasteiger partial charge is 0.0942 e.